The second-order valence-corrected chi connectivity index (χ2v) is 5.99. The Kier molecular flexibility index (Phi) is 9.32. The molecule has 5 heteroatoms. The Morgan fingerprint density at radius 1 is 1.37 bits per heavy atom. The highest BCUT2D eigenvalue weighted by molar-refractivity contribution is 6.00. The lowest BCUT2D eigenvalue weighted by molar-refractivity contribution is 0.0935. The van der Waals surface area contributed by atoms with Crippen LogP contribution in [0.15, 0.2) is 48.3 Å². The van der Waals surface area contributed by atoms with Gasteiger partial charge in [0.2, 0.25) is 0 Å². The number of hydrogen-bond donors (Lipinski definition) is 2. The lowest BCUT2D eigenvalue weighted by atomic mass is 10.1. The van der Waals surface area contributed by atoms with E-state index in [1.165, 1.54) is 5.57 Å². The number of rotatable bonds is 7. The van der Waals surface area contributed by atoms with E-state index in [2.05, 4.69) is 48.1 Å². The van der Waals surface area contributed by atoms with Crippen LogP contribution in [-0.4, -0.2) is 27.0 Å². The first-order valence-corrected chi connectivity index (χ1v) is 8.92. The normalized spacial score (nSPS) is 12.4. The van der Waals surface area contributed by atoms with Crippen LogP contribution in [0.3, 0.4) is 0 Å². The van der Waals surface area contributed by atoms with Crippen LogP contribution in [0, 0.1) is 12.8 Å². The van der Waals surface area contributed by atoms with Crippen LogP contribution in [0.1, 0.15) is 50.5 Å². The molecule has 27 heavy (non-hydrogen) atoms. The van der Waals surface area contributed by atoms with Gasteiger partial charge in [0.15, 0.2) is 11.4 Å². The van der Waals surface area contributed by atoms with Gasteiger partial charge in [0, 0.05) is 23.8 Å². The molecule has 1 amide bonds. The summed E-state index contributed by atoms with van der Waals surface area (Å²) >= 11 is 0. The fourth-order valence-electron chi connectivity index (χ4n) is 2.47. The summed E-state index contributed by atoms with van der Waals surface area (Å²) in [5.74, 6) is -0.576. The molecule has 0 saturated carbocycles. The molecule has 1 atom stereocenters. The van der Waals surface area contributed by atoms with E-state index in [-0.39, 0.29) is 17.5 Å². The van der Waals surface area contributed by atoms with E-state index < -0.39 is 5.91 Å². The quantitative estimate of drug-likeness (QED) is 0.563. The zero-order valence-electron chi connectivity index (χ0n) is 16.1. The molecule has 0 aliphatic carbocycles. The monoisotopic (exact) mass is 365 g/mol. The summed E-state index contributed by atoms with van der Waals surface area (Å²) in [6.07, 6.45) is 19.8. The second kappa shape index (κ2) is 11.5. The van der Waals surface area contributed by atoms with Crippen molar-refractivity contribution in [3.8, 4) is 18.6 Å². The third-order valence-corrected chi connectivity index (χ3v) is 4.10. The maximum atomic E-state index is 12.6. The van der Waals surface area contributed by atoms with E-state index in [1.807, 2.05) is 19.1 Å². The number of nitrogens with one attached hydrogen (secondary N) is 1. The van der Waals surface area contributed by atoms with Crippen LogP contribution in [0.2, 0.25) is 0 Å². The van der Waals surface area contributed by atoms with E-state index in [4.69, 9.17) is 0 Å². The summed E-state index contributed by atoms with van der Waals surface area (Å²) in [4.78, 5) is 20.8. The number of aromatic hydroxyl groups is 1. The molecule has 1 unspecified atom stereocenters. The number of pyridine rings is 2. The zero-order chi connectivity index (χ0) is 20.2. The van der Waals surface area contributed by atoms with E-state index in [1.54, 1.807) is 24.5 Å². The average molecular weight is 365 g/mol. The van der Waals surface area contributed by atoms with Crippen molar-refractivity contribution >= 4 is 16.8 Å². The molecule has 0 fully saturated rings. The van der Waals surface area contributed by atoms with Crippen LogP contribution in [0.25, 0.3) is 10.9 Å². The Morgan fingerprint density at radius 3 is 2.78 bits per heavy atom. The maximum absolute atomic E-state index is 12.6. The fraction of sp³-hybridized carbons (Fsp3) is 0.318. The molecule has 142 valence electrons. The highest BCUT2D eigenvalue weighted by Gasteiger charge is 2.18. The minimum Gasteiger partial charge on any atom is -0.504 e. The maximum Gasteiger partial charge on any atom is 0.274 e. The number of terminal acetylenes is 1. The molecular weight excluding hydrogens is 338 g/mol. The number of fused-ring (bicyclic) bond motifs is 1. The smallest absolute Gasteiger partial charge is 0.274 e. The number of allylic oxidation sites excluding steroid dienone is 3. The minimum atomic E-state index is -0.395. The van der Waals surface area contributed by atoms with Crippen LogP contribution in [0.4, 0.5) is 0 Å². The third kappa shape index (κ3) is 6.27. The molecule has 0 aliphatic heterocycles. The van der Waals surface area contributed by atoms with Gasteiger partial charge in [-0.1, -0.05) is 30.7 Å². The molecule has 0 aliphatic rings. The van der Waals surface area contributed by atoms with Gasteiger partial charge in [0.25, 0.3) is 5.91 Å². The summed E-state index contributed by atoms with van der Waals surface area (Å²) < 4.78 is 0. The van der Waals surface area contributed by atoms with Crippen molar-refractivity contribution in [2.45, 2.75) is 46.1 Å². The number of amides is 1. The third-order valence-electron chi connectivity index (χ3n) is 4.10. The van der Waals surface area contributed by atoms with E-state index in [0.717, 1.165) is 19.3 Å². The van der Waals surface area contributed by atoms with E-state index in [9.17, 15) is 9.90 Å². The first-order valence-electron chi connectivity index (χ1n) is 8.92. The molecule has 2 heterocycles. The Labute approximate surface area is 161 Å². The van der Waals surface area contributed by atoms with Crippen LogP contribution >= 0.6 is 0 Å². The molecule has 2 rings (SSSR count). The molecular formula is C22H27N3O2. The second-order valence-electron chi connectivity index (χ2n) is 5.99. The van der Waals surface area contributed by atoms with Crippen molar-refractivity contribution in [3.05, 3.63) is 54.0 Å². The Balaban J connectivity index is 0.00000176. The SMILES string of the molecule is C#C.C/C=C(\C)CCC(/C=C/CC)NC(=O)c1ncc2cccnc2c1O. The van der Waals surface area contributed by atoms with Crippen LogP contribution < -0.4 is 5.32 Å². The summed E-state index contributed by atoms with van der Waals surface area (Å²) in [6, 6.07) is 3.45. The molecule has 2 aromatic heterocycles. The molecule has 5 nitrogen and oxygen atoms in total. The van der Waals surface area contributed by atoms with Gasteiger partial charge < -0.3 is 10.4 Å². The van der Waals surface area contributed by atoms with Crippen molar-refractivity contribution in [1.29, 1.82) is 0 Å². The fourth-order valence-corrected chi connectivity index (χ4v) is 2.47. The summed E-state index contributed by atoms with van der Waals surface area (Å²) in [6.45, 7) is 6.13. The zero-order valence-corrected chi connectivity index (χ0v) is 16.1. The van der Waals surface area contributed by atoms with Gasteiger partial charge in [0.05, 0.1) is 0 Å². The van der Waals surface area contributed by atoms with Gasteiger partial charge in [-0.2, -0.15) is 0 Å². The Hall–Kier alpha value is -3.13. The molecule has 0 saturated heterocycles. The molecule has 2 aromatic rings. The van der Waals surface area contributed by atoms with E-state index in [0.29, 0.717) is 10.9 Å². The van der Waals surface area contributed by atoms with Gasteiger partial charge in [-0.25, -0.2) is 4.98 Å². The topological polar surface area (TPSA) is 75.1 Å². The predicted molar refractivity (Wildman–Crippen MR) is 110 cm³/mol. The summed E-state index contributed by atoms with van der Waals surface area (Å²) in [5.41, 5.74) is 1.66. The summed E-state index contributed by atoms with van der Waals surface area (Å²) in [7, 11) is 0. The predicted octanol–water partition coefficient (Wildman–Crippen LogP) is 4.40. The van der Waals surface area contributed by atoms with Crippen molar-refractivity contribution in [3.63, 3.8) is 0 Å². The molecule has 0 spiro atoms. The van der Waals surface area contributed by atoms with Gasteiger partial charge in [-0.3, -0.25) is 9.78 Å². The lowest BCUT2D eigenvalue weighted by Gasteiger charge is -2.16. The van der Waals surface area contributed by atoms with E-state index >= 15 is 0 Å². The van der Waals surface area contributed by atoms with Crippen molar-refractivity contribution in [2.75, 3.05) is 0 Å². The summed E-state index contributed by atoms with van der Waals surface area (Å²) in [5, 5.41) is 14.0. The lowest BCUT2D eigenvalue weighted by Crippen LogP contribution is -2.34. The average Bonchev–Trinajstić information content (AvgIpc) is 2.71. The van der Waals surface area contributed by atoms with Gasteiger partial charge in [0.1, 0.15) is 5.52 Å². The van der Waals surface area contributed by atoms with Crippen molar-refractivity contribution in [1.82, 2.24) is 15.3 Å². The molecule has 0 bridgehead atoms. The van der Waals surface area contributed by atoms with Gasteiger partial charge in [-0.15, -0.1) is 12.8 Å². The van der Waals surface area contributed by atoms with Crippen LogP contribution in [-0.2, 0) is 0 Å². The standard InChI is InChI=1S/C20H25N3O2.C2H2/c1-4-6-9-16(11-10-14(3)5-2)23-20(25)18-19(24)17-15(13-22-18)8-7-12-21-17;1-2/h5-9,12-13,16,24H,4,10-11H2,1-3H3,(H,23,25);1-2H/b9-6+,14-5+;. The van der Waals surface area contributed by atoms with Crippen molar-refractivity contribution < 1.29 is 9.90 Å². The highest BCUT2D eigenvalue weighted by Crippen LogP contribution is 2.24. The van der Waals surface area contributed by atoms with Gasteiger partial charge in [-0.05, 0) is 45.2 Å². The van der Waals surface area contributed by atoms with Crippen molar-refractivity contribution in [2.24, 2.45) is 0 Å². The number of aromatic nitrogens is 2. The number of carbonyl (C=O) groups is 1. The largest absolute Gasteiger partial charge is 0.504 e. The van der Waals surface area contributed by atoms with Gasteiger partial charge >= 0.3 is 0 Å². The first-order chi connectivity index (χ1) is 13.1. The highest BCUT2D eigenvalue weighted by atomic mass is 16.3. The van der Waals surface area contributed by atoms with Crippen LogP contribution in [0.5, 0.6) is 5.75 Å². The number of carbonyl (C=O) groups excluding carboxylic acids is 1. The Bertz CT molecular complexity index is 838. The molecule has 2 N–H and O–H groups in total. The number of nitrogens with zero attached hydrogens (tertiary/aromatic N) is 2. The molecule has 0 aromatic carbocycles. The molecule has 0 radical (unpaired) electrons. The Morgan fingerprint density at radius 2 is 2.11 bits per heavy atom. The minimum absolute atomic E-state index is 0.00357. The first kappa shape index (κ1) is 21.9. The number of hydrogen-bond acceptors (Lipinski definition) is 4.